The van der Waals surface area contributed by atoms with Crippen LogP contribution in [0, 0.1) is 0 Å². The molecule has 0 saturated carbocycles. The Kier molecular flexibility index (Phi) is 4.38. The maximum Gasteiger partial charge on any atom is 0.254 e. The van der Waals surface area contributed by atoms with E-state index in [0.717, 1.165) is 42.8 Å². The number of fused-ring (bicyclic) bond motifs is 1. The highest BCUT2D eigenvalue weighted by molar-refractivity contribution is 5.97. The highest BCUT2D eigenvalue weighted by Gasteiger charge is 2.31. The van der Waals surface area contributed by atoms with Crippen LogP contribution in [0.2, 0.25) is 0 Å². The molecule has 3 aromatic rings. The molecule has 134 valence electrons. The number of aromatic nitrogens is 4. The molecule has 1 aromatic carbocycles. The molecule has 1 saturated heterocycles. The summed E-state index contributed by atoms with van der Waals surface area (Å²) in [5.41, 5.74) is 4.10. The zero-order valence-corrected chi connectivity index (χ0v) is 15.0. The minimum absolute atomic E-state index is 0.0252. The van der Waals surface area contributed by atoms with Gasteiger partial charge in [-0.3, -0.25) is 9.78 Å². The first-order valence-corrected chi connectivity index (χ1v) is 8.84. The number of likely N-dealkylation sites (tertiary alicyclic amines) is 1. The van der Waals surface area contributed by atoms with E-state index in [9.17, 15) is 4.79 Å². The van der Waals surface area contributed by atoms with Crippen molar-refractivity contribution in [3.8, 4) is 0 Å². The van der Waals surface area contributed by atoms with Gasteiger partial charge in [-0.05, 0) is 57.3 Å². The zero-order chi connectivity index (χ0) is 18.1. The summed E-state index contributed by atoms with van der Waals surface area (Å²) in [6, 6.07) is 11.6. The smallest absolute Gasteiger partial charge is 0.254 e. The fraction of sp³-hybridized carbons (Fsp3) is 0.368. The van der Waals surface area contributed by atoms with Gasteiger partial charge in [0.05, 0.1) is 17.4 Å². The van der Waals surface area contributed by atoms with E-state index in [2.05, 4.69) is 20.3 Å². The van der Waals surface area contributed by atoms with Crippen molar-refractivity contribution < 1.29 is 4.79 Å². The fourth-order valence-electron chi connectivity index (χ4n) is 3.55. The van der Waals surface area contributed by atoms with Gasteiger partial charge in [0.1, 0.15) is 11.0 Å². The monoisotopic (exact) mass is 350 g/mol. The van der Waals surface area contributed by atoms with Crippen molar-refractivity contribution in [2.75, 3.05) is 20.6 Å². The van der Waals surface area contributed by atoms with Crippen LogP contribution in [0.4, 0.5) is 0 Å². The second kappa shape index (κ2) is 6.84. The van der Waals surface area contributed by atoms with Gasteiger partial charge in [0, 0.05) is 18.7 Å². The average Bonchev–Trinajstić information content (AvgIpc) is 3.29. The second-order valence-electron chi connectivity index (χ2n) is 6.98. The number of aromatic amines is 1. The number of hydrogen-bond donors (Lipinski definition) is 1. The van der Waals surface area contributed by atoms with Gasteiger partial charge >= 0.3 is 0 Å². The summed E-state index contributed by atoms with van der Waals surface area (Å²) in [4.78, 5) is 21.9. The van der Waals surface area contributed by atoms with E-state index in [0.29, 0.717) is 11.1 Å². The molecule has 1 amide bonds. The van der Waals surface area contributed by atoms with Crippen LogP contribution in [-0.4, -0.2) is 56.7 Å². The molecule has 0 bridgehead atoms. The molecule has 0 aliphatic carbocycles. The first kappa shape index (κ1) is 16.7. The van der Waals surface area contributed by atoms with Gasteiger partial charge in [0.15, 0.2) is 0 Å². The molecule has 1 aliphatic heterocycles. The van der Waals surface area contributed by atoms with Crippen LogP contribution in [0.15, 0.2) is 36.4 Å². The topological polar surface area (TPSA) is 78.0 Å². The summed E-state index contributed by atoms with van der Waals surface area (Å²) in [6.45, 7) is 1.54. The minimum atomic E-state index is 0.0252. The lowest BCUT2D eigenvalue weighted by molar-refractivity contribution is 0.0733. The molecule has 0 radical (unpaired) electrons. The molecule has 1 N–H and O–H groups in total. The predicted molar refractivity (Wildman–Crippen MR) is 98.5 cm³/mol. The highest BCUT2D eigenvalue weighted by Crippen LogP contribution is 2.32. The number of nitrogens with zero attached hydrogens (tertiary/aromatic N) is 5. The molecule has 26 heavy (non-hydrogen) atoms. The molecule has 1 atom stereocenters. The normalized spacial score (nSPS) is 17.3. The number of nitrogens with one attached hydrogen (secondary N) is 1. The number of hydrogen-bond acceptors (Lipinski definition) is 5. The lowest BCUT2D eigenvalue weighted by atomic mass is 10.1. The Bertz CT molecular complexity index is 934. The molecule has 0 unspecified atom stereocenters. The van der Waals surface area contributed by atoms with E-state index in [1.54, 1.807) is 6.07 Å². The summed E-state index contributed by atoms with van der Waals surface area (Å²) < 4.78 is 0. The molecule has 1 aliphatic rings. The highest BCUT2D eigenvalue weighted by atomic mass is 16.2. The number of pyridine rings is 1. The molecule has 1 fully saturated rings. The Morgan fingerprint density at radius 3 is 2.92 bits per heavy atom. The standard InChI is InChI=1S/C19H22N6O/c1-24(2)12-14-5-3-6-16(20-14)18-7-4-10-25(18)19(26)13-8-9-15-17(11-13)22-23-21-15/h3,5-6,8-9,11,18H,4,7,10,12H2,1-2H3,(H,21,22,23)/t18-/m0/s1. The largest absolute Gasteiger partial charge is 0.330 e. The Morgan fingerprint density at radius 1 is 1.23 bits per heavy atom. The van der Waals surface area contributed by atoms with E-state index in [1.807, 2.05) is 49.3 Å². The van der Waals surface area contributed by atoms with Gasteiger partial charge < -0.3 is 9.80 Å². The van der Waals surface area contributed by atoms with Crippen LogP contribution in [-0.2, 0) is 6.54 Å². The maximum atomic E-state index is 13.1. The number of benzene rings is 1. The van der Waals surface area contributed by atoms with Crippen LogP contribution in [0.1, 0.15) is 40.6 Å². The Labute approximate surface area is 152 Å². The summed E-state index contributed by atoms with van der Waals surface area (Å²) in [6.07, 6.45) is 1.93. The van der Waals surface area contributed by atoms with Gasteiger partial charge in [-0.15, -0.1) is 0 Å². The Balaban J connectivity index is 1.60. The quantitative estimate of drug-likeness (QED) is 0.782. The van der Waals surface area contributed by atoms with Gasteiger partial charge in [-0.2, -0.15) is 15.4 Å². The van der Waals surface area contributed by atoms with Gasteiger partial charge in [0.2, 0.25) is 0 Å². The van der Waals surface area contributed by atoms with Crippen molar-refractivity contribution >= 4 is 16.9 Å². The van der Waals surface area contributed by atoms with Gasteiger partial charge in [-0.1, -0.05) is 6.07 Å². The molecular weight excluding hydrogens is 328 g/mol. The summed E-state index contributed by atoms with van der Waals surface area (Å²) in [5, 5.41) is 10.7. The first-order chi connectivity index (χ1) is 12.6. The van der Waals surface area contributed by atoms with Gasteiger partial charge in [-0.25, -0.2) is 0 Å². The minimum Gasteiger partial charge on any atom is -0.330 e. The molecular formula is C19H22N6O. The van der Waals surface area contributed by atoms with Crippen molar-refractivity contribution in [1.29, 1.82) is 0 Å². The van der Waals surface area contributed by atoms with E-state index < -0.39 is 0 Å². The van der Waals surface area contributed by atoms with E-state index in [4.69, 9.17) is 4.98 Å². The second-order valence-corrected chi connectivity index (χ2v) is 6.98. The first-order valence-electron chi connectivity index (χ1n) is 8.84. The van der Waals surface area contributed by atoms with E-state index in [-0.39, 0.29) is 11.9 Å². The number of carbonyl (C=O) groups excluding carboxylic acids is 1. The number of carbonyl (C=O) groups is 1. The Hall–Kier alpha value is -2.80. The van der Waals surface area contributed by atoms with Crippen molar-refractivity contribution in [3.63, 3.8) is 0 Å². The third-order valence-corrected chi connectivity index (χ3v) is 4.72. The van der Waals surface area contributed by atoms with E-state index in [1.165, 1.54) is 0 Å². The van der Waals surface area contributed by atoms with Crippen LogP contribution in [0.5, 0.6) is 0 Å². The summed E-state index contributed by atoms with van der Waals surface area (Å²) in [5.74, 6) is 0.0252. The summed E-state index contributed by atoms with van der Waals surface area (Å²) >= 11 is 0. The number of rotatable bonds is 4. The lowest BCUT2D eigenvalue weighted by Gasteiger charge is -2.25. The van der Waals surface area contributed by atoms with Crippen molar-refractivity contribution in [2.24, 2.45) is 0 Å². The molecule has 2 aromatic heterocycles. The lowest BCUT2D eigenvalue weighted by Crippen LogP contribution is -2.31. The van der Waals surface area contributed by atoms with Crippen molar-refractivity contribution in [1.82, 2.24) is 30.2 Å². The van der Waals surface area contributed by atoms with Crippen molar-refractivity contribution in [2.45, 2.75) is 25.4 Å². The third-order valence-electron chi connectivity index (χ3n) is 4.72. The summed E-state index contributed by atoms with van der Waals surface area (Å²) in [7, 11) is 4.06. The fourth-order valence-corrected chi connectivity index (χ4v) is 3.55. The van der Waals surface area contributed by atoms with Crippen molar-refractivity contribution in [3.05, 3.63) is 53.3 Å². The molecule has 4 rings (SSSR count). The van der Waals surface area contributed by atoms with Crippen LogP contribution >= 0.6 is 0 Å². The molecule has 3 heterocycles. The van der Waals surface area contributed by atoms with E-state index >= 15 is 0 Å². The van der Waals surface area contributed by atoms with Crippen LogP contribution < -0.4 is 0 Å². The number of amides is 1. The molecule has 7 heteroatoms. The van der Waals surface area contributed by atoms with Gasteiger partial charge in [0.25, 0.3) is 5.91 Å². The Morgan fingerprint density at radius 2 is 2.08 bits per heavy atom. The van der Waals surface area contributed by atoms with Crippen LogP contribution in [0.3, 0.4) is 0 Å². The zero-order valence-electron chi connectivity index (χ0n) is 15.0. The maximum absolute atomic E-state index is 13.1. The predicted octanol–water partition coefficient (Wildman–Crippen LogP) is 2.39. The number of H-pyrrole nitrogens is 1. The molecule has 7 nitrogen and oxygen atoms in total. The molecule has 0 spiro atoms. The average molecular weight is 350 g/mol. The van der Waals surface area contributed by atoms with Crippen LogP contribution in [0.25, 0.3) is 11.0 Å². The SMILES string of the molecule is CN(C)Cc1cccc([C@@H]2CCCN2C(=O)c2ccc3n[nH]nc3c2)n1. The third kappa shape index (κ3) is 3.17.